The third-order valence-corrected chi connectivity index (χ3v) is 7.03. The minimum Gasteiger partial charge on any atom is -0.354 e. The molecule has 1 aromatic carbocycles. The zero-order chi connectivity index (χ0) is 21.4. The van der Waals surface area contributed by atoms with E-state index in [2.05, 4.69) is 74.0 Å². The molecule has 2 aromatic heterocycles. The summed E-state index contributed by atoms with van der Waals surface area (Å²) in [6.45, 7) is 7.31. The van der Waals surface area contributed by atoms with Crippen molar-refractivity contribution in [2.75, 3.05) is 31.1 Å². The van der Waals surface area contributed by atoms with Crippen LogP contribution >= 0.6 is 0 Å². The lowest BCUT2D eigenvalue weighted by Gasteiger charge is -2.40. The summed E-state index contributed by atoms with van der Waals surface area (Å²) in [4.78, 5) is 18.2. The molecule has 1 saturated carbocycles. The number of carbonyl (C=O) groups is 1. The fourth-order valence-corrected chi connectivity index (χ4v) is 5.27. The monoisotopic (exact) mass is 417 g/mol. The van der Waals surface area contributed by atoms with Crippen molar-refractivity contribution in [2.45, 2.75) is 44.9 Å². The first kappa shape index (κ1) is 19.9. The lowest BCUT2D eigenvalue weighted by Crippen LogP contribution is -2.54. The van der Waals surface area contributed by atoms with Crippen LogP contribution in [0.25, 0.3) is 5.82 Å². The fraction of sp³-hybridized carbons (Fsp3) is 0.440. The Hall–Kier alpha value is -3.02. The number of hydrogen-bond donors (Lipinski definition) is 1. The fourth-order valence-electron chi connectivity index (χ4n) is 5.27. The highest BCUT2D eigenvalue weighted by atomic mass is 16.2. The molecule has 2 aliphatic rings. The van der Waals surface area contributed by atoms with Crippen LogP contribution in [-0.4, -0.2) is 51.8 Å². The van der Waals surface area contributed by atoms with Crippen molar-refractivity contribution in [3.63, 3.8) is 0 Å². The van der Waals surface area contributed by atoms with Gasteiger partial charge in [-0.15, -0.1) is 0 Å². The van der Waals surface area contributed by atoms with Crippen LogP contribution in [0.3, 0.4) is 0 Å². The topological polar surface area (TPSA) is 57.2 Å². The van der Waals surface area contributed by atoms with Gasteiger partial charge in [0.1, 0.15) is 5.82 Å². The molecule has 3 heterocycles. The molecule has 162 valence electrons. The maximum absolute atomic E-state index is 13.8. The van der Waals surface area contributed by atoms with Crippen LogP contribution in [0, 0.1) is 13.8 Å². The first-order chi connectivity index (χ1) is 15.1. The van der Waals surface area contributed by atoms with Crippen LogP contribution < -0.4 is 4.90 Å². The molecular weight excluding hydrogens is 386 g/mol. The average Bonchev–Trinajstić information content (AvgIpc) is 3.55. The Morgan fingerprint density at radius 1 is 1.00 bits per heavy atom. The number of H-pyrrole nitrogens is 1. The molecule has 0 unspecified atom stereocenters. The Kier molecular flexibility index (Phi) is 5.08. The van der Waals surface area contributed by atoms with E-state index in [1.54, 1.807) is 0 Å². The van der Waals surface area contributed by atoms with Gasteiger partial charge in [-0.1, -0.05) is 42.7 Å². The zero-order valence-corrected chi connectivity index (χ0v) is 18.5. The van der Waals surface area contributed by atoms with E-state index in [9.17, 15) is 4.79 Å². The van der Waals surface area contributed by atoms with Crippen molar-refractivity contribution in [2.24, 2.45) is 0 Å². The highest BCUT2D eigenvalue weighted by Gasteiger charge is 2.45. The highest BCUT2D eigenvalue weighted by Crippen LogP contribution is 2.43. The van der Waals surface area contributed by atoms with Gasteiger partial charge in [0.25, 0.3) is 0 Å². The summed E-state index contributed by atoms with van der Waals surface area (Å²) in [5.41, 5.74) is 3.16. The lowest BCUT2D eigenvalue weighted by molar-refractivity contribution is -0.137. The summed E-state index contributed by atoms with van der Waals surface area (Å²) in [6.07, 6.45) is 6.26. The van der Waals surface area contributed by atoms with Gasteiger partial charge in [-0.05, 0) is 44.4 Å². The van der Waals surface area contributed by atoms with E-state index in [0.29, 0.717) is 5.91 Å². The molecular formula is C25H31N5O. The van der Waals surface area contributed by atoms with Gasteiger partial charge < -0.3 is 9.80 Å². The minimum atomic E-state index is -0.331. The third-order valence-electron chi connectivity index (χ3n) is 7.03. The molecule has 6 heteroatoms. The van der Waals surface area contributed by atoms with Crippen molar-refractivity contribution in [3.8, 4) is 5.82 Å². The van der Waals surface area contributed by atoms with Gasteiger partial charge in [0.05, 0.1) is 5.41 Å². The maximum atomic E-state index is 13.8. The minimum absolute atomic E-state index is 0.326. The van der Waals surface area contributed by atoms with Crippen LogP contribution in [0.1, 0.15) is 42.5 Å². The Balaban J connectivity index is 1.32. The number of carbonyl (C=O) groups excluding carboxylic acids is 1. The van der Waals surface area contributed by atoms with Gasteiger partial charge in [0, 0.05) is 44.1 Å². The van der Waals surface area contributed by atoms with Crippen molar-refractivity contribution in [1.29, 1.82) is 0 Å². The first-order valence-corrected chi connectivity index (χ1v) is 11.4. The number of benzene rings is 1. The predicted molar refractivity (Wildman–Crippen MR) is 123 cm³/mol. The summed E-state index contributed by atoms with van der Waals surface area (Å²) in [7, 11) is 0. The number of anilines is 1. The van der Waals surface area contributed by atoms with Crippen molar-refractivity contribution >= 4 is 11.7 Å². The van der Waals surface area contributed by atoms with Gasteiger partial charge in [0.2, 0.25) is 5.91 Å². The van der Waals surface area contributed by atoms with E-state index in [-0.39, 0.29) is 5.41 Å². The second kappa shape index (κ2) is 7.91. The van der Waals surface area contributed by atoms with Crippen molar-refractivity contribution in [3.05, 3.63) is 65.5 Å². The number of aromatic amines is 1. The molecule has 2 fully saturated rings. The molecule has 0 atom stereocenters. The van der Waals surface area contributed by atoms with Crippen LogP contribution in [0.4, 0.5) is 5.82 Å². The predicted octanol–water partition coefficient (Wildman–Crippen LogP) is 3.98. The van der Waals surface area contributed by atoms with Gasteiger partial charge in [0.15, 0.2) is 5.82 Å². The summed E-state index contributed by atoms with van der Waals surface area (Å²) in [5.74, 6) is 2.36. The number of piperazine rings is 1. The van der Waals surface area contributed by atoms with Gasteiger partial charge in [-0.25, -0.2) is 0 Å². The number of nitrogens with zero attached hydrogens (tertiary/aromatic N) is 4. The molecule has 31 heavy (non-hydrogen) atoms. The van der Waals surface area contributed by atoms with E-state index in [0.717, 1.165) is 69.2 Å². The molecule has 0 spiro atoms. The average molecular weight is 418 g/mol. The van der Waals surface area contributed by atoms with Crippen LogP contribution in [0.5, 0.6) is 0 Å². The number of amides is 1. The lowest BCUT2D eigenvalue weighted by atomic mass is 9.77. The molecule has 3 aromatic rings. The number of aromatic nitrogens is 3. The molecule has 1 N–H and O–H groups in total. The molecule has 1 amide bonds. The molecule has 1 saturated heterocycles. The number of aryl methyl sites for hydroxylation is 2. The Labute approximate surface area is 183 Å². The van der Waals surface area contributed by atoms with E-state index in [1.807, 2.05) is 13.1 Å². The normalized spacial score (nSPS) is 18.5. The van der Waals surface area contributed by atoms with Crippen LogP contribution in [0.2, 0.25) is 0 Å². The van der Waals surface area contributed by atoms with Crippen LogP contribution in [-0.2, 0) is 10.2 Å². The number of rotatable bonds is 4. The number of hydrogen-bond acceptors (Lipinski definition) is 3. The van der Waals surface area contributed by atoms with Gasteiger partial charge in [-0.3, -0.25) is 14.5 Å². The largest absolute Gasteiger partial charge is 0.354 e. The van der Waals surface area contributed by atoms with Crippen molar-refractivity contribution < 1.29 is 4.79 Å². The molecule has 1 aliphatic heterocycles. The van der Waals surface area contributed by atoms with E-state index >= 15 is 0 Å². The molecule has 6 nitrogen and oxygen atoms in total. The molecule has 5 rings (SSSR count). The summed E-state index contributed by atoms with van der Waals surface area (Å²) in [6, 6.07) is 14.9. The van der Waals surface area contributed by atoms with Crippen LogP contribution in [0.15, 0.2) is 48.7 Å². The highest BCUT2D eigenvalue weighted by molar-refractivity contribution is 5.89. The quantitative estimate of drug-likeness (QED) is 0.699. The molecule has 0 radical (unpaired) electrons. The Bertz CT molecular complexity index is 1050. The smallest absolute Gasteiger partial charge is 0.233 e. The first-order valence-electron chi connectivity index (χ1n) is 11.4. The third kappa shape index (κ3) is 3.54. The summed E-state index contributed by atoms with van der Waals surface area (Å²) in [5, 5.41) is 7.43. The summed E-state index contributed by atoms with van der Waals surface area (Å²) >= 11 is 0. The second-order valence-corrected chi connectivity index (χ2v) is 9.08. The molecule has 1 aliphatic carbocycles. The Morgan fingerprint density at radius 3 is 2.35 bits per heavy atom. The number of nitrogens with one attached hydrogen (secondary N) is 1. The standard InChI is InChI=1S/C25H31N5O/c1-19-7-9-21(10-8-19)25(11-3-4-12-25)24(31)29-16-14-28(15-17-29)23-6-5-13-30(23)22-18-20(2)26-27-22/h5-10,13,18H,3-4,11-12,14-17H2,1-2H3,(H,26,27). The van der Waals surface area contributed by atoms with E-state index in [1.165, 1.54) is 11.1 Å². The van der Waals surface area contributed by atoms with Crippen molar-refractivity contribution in [1.82, 2.24) is 19.7 Å². The second-order valence-electron chi connectivity index (χ2n) is 9.08. The van der Waals surface area contributed by atoms with Gasteiger partial charge in [-0.2, -0.15) is 5.10 Å². The van der Waals surface area contributed by atoms with Gasteiger partial charge >= 0.3 is 0 Å². The van der Waals surface area contributed by atoms with E-state index < -0.39 is 0 Å². The zero-order valence-electron chi connectivity index (χ0n) is 18.5. The maximum Gasteiger partial charge on any atom is 0.233 e. The Morgan fingerprint density at radius 2 is 1.71 bits per heavy atom. The molecule has 0 bridgehead atoms. The summed E-state index contributed by atoms with van der Waals surface area (Å²) < 4.78 is 2.12. The SMILES string of the molecule is Cc1ccc(C2(C(=O)N3CCN(c4cccn4-c4cc(C)[nH]n4)CC3)CCCC2)cc1. The van der Waals surface area contributed by atoms with E-state index in [4.69, 9.17) is 0 Å².